The van der Waals surface area contributed by atoms with Crippen molar-refractivity contribution in [2.45, 2.75) is 20.4 Å². The molecule has 5 nitrogen and oxygen atoms in total. The molecule has 0 aliphatic heterocycles. The van der Waals surface area contributed by atoms with Gasteiger partial charge < -0.3 is 10.1 Å². The van der Waals surface area contributed by atoms with Crippen LogP contribution in [0.25, 0.3) is 0 Å². The van der Waals surface area contributed by atoms with Crippen LogP contribution in [0.1, 0.15) is 17.0 Å². The lowest BCUT2D eigenvalue weighted by atomic mass is 10.3. The van der Waals surface area contributed by atoms with Gasteiger partial charge in [0.1, 0.15) is 0 Å². The Labute approximate surface area is 106 Å². The van der Waals surface area contributed by atoms with Crippen molar-refractivity contribution in [3.8, 4) is 5.88 Å². The summed E-state index contributed by atoms with van der Waals surface area (Å²) < 4.78 is 5.01. The summed E-state index contributed by atoms with van der Waals surface area (Å²) in [6.45, 7) is 4.55. The van der Waals surface area contributed by atoms with Crippen molar-refractivity contribution in [3.05, 3.63) is 41.3 Å². The number of hydrogen-bond donors (Lipinski definition) is 1. The lowest BCUT2D eigenvalue weighted by Crippen LogP contribution is -2.05. The summed E-state index contributed by atoms with van der Waals surface area (Å²) in [5, 5.41) is 3.18. The highest BCUT2D eigenvalue weighted by Crippen LogP contribution is 2.09. The molecule has 2 aromatic heterocycles. The van der Waals surface area contributed by atoms with E-state index in [9.17, 15) is 0 Å². The highest BCUT2D eigenvalue weighted by Gasteiger charge is 2.00. The van der Waals surface area contributed by atoms with Gasteiger partial charge in [-0.1, -0.05) is 6.07 Å². The monoisotopic (exact) mass is 244 g/mol. The molecule has 1 N–H and O–H groups in total. The number of anilines is 1. The zero-order valence-electron chi connectivity index (χ0n) is 10.8. The van der Waals surface area contributed by atoms with Crippen molar-refractivity contribution in [1.29, 1.82) is 0 Å². The van der Waals surface area contributed by atoms with Gasteiger partial charge in [-0.2, -0.15) is 0 Å². The number of rotatable bonds is 4. The molecular weight excluding hydrogens is 228 g/mol. The lowest BCUT2D eigenvalue weighted by Gasteiger charge is -2.06. The lowest BCUT2D eigenvalue weighted by molar-refractivity contribution is 0.397. The summed E-state index contributed by atoms with van der Waals surface area (Å²) in [6, 6.07) is 5.74. The van der Waals surface area contributed by atoms with E-state index in [1.54, 1.807) is 13.3 Å². The highest BCUT2D eigenvalue weighted by atomic mass is 16.5. The fourth-order valence-corrected chi connectivity index (χ4v) is 1.62. The summed E-state index contributed by atoms with van der Waals surface area (Å²) in [4.78, 5) is 12.8. The van der Waals surface area contributed by atoms with Gasteiger partial charge in [0.15, 0.2) is 0 Å². The third-order valence-electron chi connectivity index (χ3n) is 2.44. The average molecular weight is 244 g/mol. The molecule has 94 valence electrons. The van der Waals surface area contributed by atoms with Gasteiger partial charge in [0.2, 0.25) is 11.8 Å². The van der Waals surface area contributed by atoms with Crippen molar-refractivity contribution < 1.29 is 4.74 Å². The van der Waals surface area contributed by atoms with E-state index in [1.807, 2.05) is 32.0 Å². The van der Waals surface area contributed by atoms with Crippen molar-refractivity contribution >= 4 is 5.95 Å². The largest absolute Gasteiger partial charge is 0.481 e. The molecule has 0 atom stereocenters. The van der Waals surface area contributed by atoms with Gasteiger partial charge in [-0.25, -0.2) is 15.0 Å². The number of aryl methyl sites for hydroxylation is 2. The smallest absolute Gasteiger partial charge is 0.223 e. The maximum absolute atomic E-state index is 5.01. The average Bonchev–Trinajstić information content (AvgIpc) is 2.36. The maximum Gasteiger partial charge on any atom is 0.223 e. The maximum atomic E-state index is 5.01. The molecule has 2 aromatic rings. The van der Waals surface area contributed by atoms with Crippen molar-refractivity contribution in [1.82, 2.24) is 15.0 Å². The number of ether oxygens (including phenoxy) is 1. The van der Waals surface area contributed by atoms with E-state index in [0.29, 0.717) is 18.4 Å². The van der Waals surface area contributed by atoms with E-state index in [0.717, 1.165) is 17.0 Å². The van der Waals surface area contributed by atoms with Crippen LogP contribution in [0.2, 0.25) is 0 Å². The van der Waals surface area contributed by atoms with Gasteiger partial charge >= 0.3 is 0 Å². The Kier molecular flexibility index (Phi) is 3.72. The molecule has 0 saturated heterocycles. The first-order valence-corrected chi connectivity index (χ1v) is 5.72. The zero-order valence-corrected chi connectivity index (χ0v) is 10.8. The highest BCUT2D eigenvalue weighted by molar-refractivity contribution is 5.30. The number of nitrogens with one attached hydrogen (secondary N) is 1. The Morgan fingerprint density at radius 3 is 2.44 bits per heavy atom. The predicted octanol–water partition coefficient (Wildman–Crippen LogP) is 2.11. The van der Waals surface area contributed by atoms with Crippen LogP contribution in [0.15, 0.2) is 24.4 Å². The van der Waals surface area contributed by atoms with Gasteiger partial charge in [-0.05, 0) is 25.5 Å². The van der Waals surface area contributed by atoms with Crippen LogP contribution in [-0.4, -0.2) is 22.1 Å². The van der Waals surface area contributed by atoms with Crippen LogP contribution in [0, 0.1) is 13.8 Å². The Morgan fingerprint density at radius 1 is 1.17 bits per heavy atom. The third-order valence-corrected chi connectivity index (χ3v) is 2.44. The third kappa shape index (κ3) is 3.16. The minimum atomic E-state index is 0.612. The molecule has 0 saturated carbocycles. The Balaban J connectivity index is 2.01. The molecule has 2 heterocycles. The Hall–Kier alpha value is -2.17. The molecule has 0 fully saturated rings. The molecule has 5 heteroatoms. The minimum absolute atomic E-state index is 0.612. The number of methoxy groups -OCH3 is 1. The van der Waals surface area contributed by atoms with Gasteiger partial charge in [0.05, 0.1) is 7.11 Å². The first kappa shape index (κ1) is 12.3. The summed E-state index contributed by atoms with van der Waals surface area (Å²) in [6.07, 6.45) is 1.77. The quantitative estimate of drug-likeness (QED) is 0.892. The second kappa shape index (κ2) is 5.44. The van der Waals surface area contributed by atoms with Crippen LogP contribution in [-0.2, 0) is 6.54 Å². The van der Waals surface area contributed by atoms with Crippen LogP contribution in [0.5, 0.6) is 5.88 Å². The molecule has 0 aliphatic carbocycles. The molecule has 2 rings (SSSR count). The Bertz CT molecular complexity index is 505. The second-order valence-corrected chi connectivity index (χ2v) is 4.04. The molecule has 0 aromatic carbocycles. The molecule has 0 radical (unpaired) electrons. The summed E-state index contributed by atoms with van der Waals surface area (Å²) >= 11 is 0. The van der Waals surface area contributed by atoms with Crippen molar-refractivity contribution in [2.24, 2.45) is 0 Å². The van der Waals surface area contributed by atoms with E-state index in [2.05, 4.69) is 20.3 Å². The van der Waals surface area contributed by atoms with Gasteiger partial charge in [-0.3, -0.25) is 0 Å². The van der Waals surface area contributed by atoms with Crippen molar-refractivity contribution in [2.75, 3.05) is 12.4 Å². The normalized spacial score (nSPS) is 10.2. The van der Waals surface area contributed by atoms with Gasteiger partial charge in [0.25, 0.3) is 0 Å². The summed E-state index contributed by atoms with van der Waals surface area (Å²) in [7, 11) is 1.60. The van der Waals surface area contributed by atoms with E-state index in [1.165, 1.54) is 0 Å². The first-order chi connectivity index (χ1) is 8.67. The molecule has 0 amide bonds. The minimum Gasteiger partial charge on any atom is -0.481 e. The molecular formula is C13H16N4O. The molecule has 0 unspecified atom stereocenters. The molecule has 0 spiro atoms. The molecule has 0 bridgehead atoms. The molecule has 18 heavy (non-hydrogen) atoms. The standard InChI is InChI=1S/C13H16N4O/c1-9-6-10(2)17-13(16-9)15-8-11-4-5-12(18-3)14-7-11/h4-7H,8H2,1-3H3,(H,15,16,17). The van der Waals surface area contributed by atoms with Crippen molar-refractivity contribution in [3.63, 3.8) is 0 Å². The fraction of sp³-hybridized carbons (Fsp3) is 0.308. The number of nitrogens with zero attached hydrogens (tertiary/aromatic N) is 3. The Morgan fingerprint density at radius 2 is 1.89 bits per heavy atom. The predicted molar refractivity (Wildman–Crippen MR) is 69.6 cm³/mol. The topological polar surface area (TPSA) is 59.9 Å². The van der Waals surface area contributed by atoms with Crippen LogP contribution in [0.4, 0.5) is 5.95 Å². The van der Waals surface area contributed by atoms with E-state index in [-0.39, 0.29) is 0 Å². The SMILES string of the molecule is COc1ccc(CNc2nc(C)cc(C)n2)cn1. The number of hydrogen-bond acceptors (Lipinski definition) is 5. The second-order valence-electron chi connectivity index (χ2n) is 4.04. The first-order valence-electron chi connectivity index (χ1n) is 5.72. The van der Waals surface area contributed by atoms with Crippen LogP contribution < -0.4 is 10.1 Å². The van der Waals surface area contributed by atoms with E-state index >= 15 is 0 Å². The van der Waals surface area contributed by atoms with Gasteiger partial charge in [-0.15, -0.1) is 0 Å². The van der Waals surface area contributed by atoms with Crippen LogP contribution >= 0.6 is 0 Å². The number of pyridine rings is 1. The summed E-state index contributed by atoms with van der Waals surface area (Å²) in [5.74, 6) is 1.25. The van der Waals surface area contributed by atoms with Gasteiger partial charge in [0, 0.05) is 30.2 Å². The summed E-state index contributed by atoms with van der Waals surface area (Å²) in [5.41, 5.74) is 2.97. The van der Waals surface area contributed by atoms with E-state index in [4.69, 9.17) is 4.74 Å². The van der Waals surface area contributed by atoms with E-state index < -0.39 is 0 Å². The van der Waals surface area contributed by atoms with Crippen LogP contribution in [0.3, 0.4) is 0 Å². The zero-order chi connectivity index (χ0) is 13.0. The number of aromatic nitrogens is 3. The molecule has 0 aliphatic rings. The fourth-order valence-electron chi connectivity index (χ4n) is 1.62.